The molecule has 1 aromatic heterocycles. The highest BCUT2D eigenvalue weighted by Gasteiger charge is 2.30. The van der Waals surface area contributed by atoms with Gasteiger partial charge in [0.2, 0.25) is 0 Å². The molecule has 29 heavy (non-hydrogen) atoms. The molecule has 0 atom stereocenters. The van der Waals surface area contributed by atoms with Crippen molar-refractivity contribution < 1.29 is 22.4 Å². The van der Waals surface area contributed by atoms with Crippen LogP contribution < -0.4 is 10.3 Å². The van der Waals surface area contributed by atoms with Crippen molar-refractivity contribution in [3.05, 3.63) is 74.6 Å². The Hall–Kier alpha value is -2.98. The molecule has 3 aromatic rings. The van der Waals surface area contributed by atoms with Gasteiger partial charge >= 0.3 is 11.6 Å². The van der Waals surface area contributed by atoms with E-state index < -0.39 is 21.6 Å². The molecule has 0 spiro atoms. The first kappa shape index (κ1) is 19.3. The number of halogens is 1. The average Bonchev–Trinajstić information content (AvgIpc) is 2.94. The number of amidine groups is 1. The lowest BCUT2D eigenvalue weighted by Gasteiger charge is -2.07. The maximum Gasteiger partial charge on any atom is 0.336 e. The van der Waals surface area contributed by atoms with Gasteiger partial charge < -0.3 is 9.15 Å². The van der Waals surface area contributed by atoms with Crippen molar-refractivity contribution in [2.75, 3.05) is 6.54 Å². The maximum absolute atomic E-state index is 12.1. The number of fused-ring (bicyclic) bond motifs is 2. The number of carbonyl (C=O) groups is 1. The summed E-state index contributed by atoms with van der Waals surface area (Å²) < 4.78 is 37.5. The lowest BCUT2D eigenvalue weighted by Crippen LogP contribution is -2.23. The first-order chi connectivity index (χ1) is 13.8. The minimum absolute atomic E-state index is 0.0909. The molecule has 0 unspecified atom stereocenters. The van der Waals surface area contributed by atoms with Gasteiger partial charge in [-0.05, 0) is 30.3 Å². The second kappa shape index (κ2) is 7.45. The van der Waals surface area contributed by atoms with Crippen LogP contribution in [-0.2, 0) is 26.2 Å². The number of benzene rings is 2. The van der Waals surface area contributed by atoms with E-state index in [4.69, 9.17) is 9.15 Å². The number of hydrogen-bond acceptors (Lipinski definition) is 7. The third-order valence-electron chi connectivity index (χ3n) is 4.21. The van der Waals surface area contributed by atoms with Crippen LogP contribution in [0.3, 0.4) is 0 Å². The minimum Gasteiger partial charge on any atom is -0.459 e. The molecule has 148 valence electrons. The summed E-state index contributed by atoms with van der Waals surface area (Å²) in [5.41, 5.74) is 0.711. The Balaban J connectivity index is 1.49. The van der Waals surface area contributed by atoms with E-state index in [-0.39, 0.29) is 23.9 Å². The van der Waals surface area contributed by atoms with Crippen LogP contribution in [0, 0.1) is 0 Å². The van der Waals surface area contributed by atoms with Crippen molar-refractivity contribution >= 4 is 48.7 Å². The summed E-state index contributed by atoms with van der Waals surface area (Å²) >= 11 is 3.31. The zero-order valence-electron chi connectivity index (χ0n) is 14.7. The van der Waals surface area contributed by atoms with Crippen molar-refractivity contribution in [2.45, 2.75) is 11.5 Å². The molecule has 0 radical (unpaired) electrons. The highest BCUT2D eigenvalue weighted by Crippen LogP contribution is 2.23. The number of ether oxygens (including phenoxy) is 1. The Kier molecular flexibility index (Phi) is 4.97. The van der Waals surface area contributed by atoms with Crippen LogP contribution in [0.2, 0.25) is 0 Å². The van der Waals surface area contributed by atoms with Crippen molar-refractivity contribution in [3.63, 3.8) is 0 Å². The Labute approximate surface area is 173 Å². The molecule has 4 rings (SSSR count). The van der Waals surface area contributed by atoms with Gasteiger partial charge in [-0.1, -0.05) is 28.1 Å². The summed E-state index contributed by atoms with van der Waals surface area (Å²) in [5, 5.41) is 0.643. The smallest absolute Gasteiger partial charge is 0.336 e. The number of sulfonamides is 1. The third kappa shape index (κ3) is 3.94. The fourth-order valence-electron chi connectivity index (χ4n) is 2.92. The fraction of sp³-hybridized carbons (Fsp3) is 0.105. The van der Waals surface area contributed by atoms with Crippen LogP contribution >= 0.6 is 15.9 Å². The average molecular weight is 477 g/mol. The topological polar surface area (TPSA) is 115 Å². The number of nitrogens with one attached hydrogen (secondary N) is 1. The molecule has 0 saturated heterocycles. The Bertz CT molecular complexity index is 1330. The maximum atomic E-state index is 12.1. The van der Waals surface area contributed by atoms with E-state index >= 15 is 0 Å². The molecule has 1 aliphatic rings. The monoisotopic (exact) mass is 476 g/mol. The Morgan fingerprint density at radius 1 is 1.17 bits per heavy atom. The molecule has 2 heterocycles. The summed E-state index contributed by atoms with van der Waals surface area (Å²) in [7, 11) is -3.67. The Morgan fingerprint density at radius 2 is 1.97 bits per heavy atom. The van der Waals surface area contributed by atoms with Crippen molar-refractivity contribution in [1.29, 1.82) is 0 Å². The summed E-state index contributed by atoms with van der Waals surface area (Å²) in [6, 6.07) is 12.8. The fourth-order valence-corrected chi connectivity index (χ4v) is 4.51. The number of aliphatic imine (C=N–C) groups is 1. The molecule has 8 nitrogen and oxygen atoms in total. The molecular formula is C19H13BrN2O6S. The number of hydrogen-bond donors (Lipinski definition) is 1. The normalized spacial score (nSPS) is 15.8. The number of rotatable bonds is 4. The molecule has 0 fully saturated rings. The van der Waals surface area contributed by atoms with Gasteiger partial charge in [-0.2, -0.15) is 0 Å². The van der Waals surface area contributed by atoms with E-state index in [0.29, 0.717) is 22.1 Å². The van der Waals surface area contributed by atoms with Crippen LogP contribution in [0.25, 0.3) is 11.0 Å². The molecular weight excluding hydrogens is 464 g/mol. The minimum atomic E-state index is -3.67. The van der Waals surface area contributed by atoms with E-state index in [9.17, 15) is 18.0 Å². The van der Waals surface area contributed by atoms with Crippen molar-refractivity contribution in [2.24, 2.45) is 4.99 Å². The van der Waals surface area contributed by atoms with Crippen LogP contribution in [0.15, 0.2) is 72.1 Å². The molecule has 2 aromatic carbocycles. The number of carbonyl (C=O) groups excluding carboxylic acids is 1. The predicted molar refractivity (Wildman–Crippen MR) is 108 cm³/mol. The second-order valence-electron chi connectivity index (χ2n) is 6.16. The summed E-state index contributed by atoms with van der Waals surface area (Å²) in [4.78, 5) is 28.0. The Morgan fingerprint density at radius 3 is 2.79 bits per heavy atom. The van der Waals surface area contributed by atoms with Gasteiger partial charge in [-0.15, -0.1) is 0 Å². The zero-order valence-corrected chi connectivity index (χ0v) is 17.1. The quantitative estimate of drug-likeness (QED) is 0.456. The van der Waals surface area contributed by atoms with Gasteiger partial charge in [0, 0.05) is 27.1 Å². The van der Waals surface area contributed by atoms with Gasteiger partial charge in [0.1, 0.15) is 24.6 Å². The number of esters is 1. The molecule has 1 aliphatic heterocycles. The third-order valence-corrected chi connectivity index (χ3v) is 6.10. The standard InChI is InChI=1S/C19H13BrN2O6S/c20-12-5-6-13-11(7-17(23)28-15(13)8-12)10-27-18(24)9-21-19-14-3-1-2-4-16(14)29(25,26)22-19/h1-8H,9-10H2,(H,21,22). The SMILES string of the molecule is O=C(CN=C1NS(=O)(=O)c2ccccc21)OCc1cc(=O)oc2cc(Br)ccc12. The molecule has 0 saturated carbocycles. The van der Waals surface area contributed by atoms with E-state index in [0.717, 1.165) is 4.47 Å². The van der Waals surface area contributed by atoms with Gasteiger partial charge in [0.25, 0.3) is 10.0 Å². The highest BCUT2D eigenvalue weighted by atomic mass is 79.9. The van der Waals surface area contributed by atoms with Crippen molar-refractivity contribution in [1.82, 2.24) is 4.72 Å². The van der Waals surface area contributed by atoms with Gasteiger partial charge in [0.05, 0.1) is 4.90 Å². The van der Waals surface area contributed by atoms with Gasteiger partial charge in [-0.3, -0.25) is 14.5 Å². The first-order valence-electron chi connectivity index (χ1n) is 8.38. The molecule has 10 heteroatoms. The van der Waals surface area contributed by atoms with Crippen molar-refractivity contribution in [3.8, 4) is 0 Å². The molecule has 0 bridgehead atoms. The summed E-state index contributed by atoms with van der Waals surface area (Å²) in [6.07, 6.45) is 0. The van der Waals surface area contributed by atoms with Crippen LogP contribution in [0.4, 0.5) is 0 Å². The predicted octanol–water partition coefficient (Wildman–Crippen LogP) is 2.34. The van der Waals surface area contributed by atoms with E-state index in [1.807, 2.05) is 0 Å². The van der Waals surface area contributed by atoms with E-state index in [1.54, 1.807) is 36.4 Å². The number of nitrogens with zero attached hydrogens (tertiary/aromatic N) is 1. The first-order valence-corrected chi connectivity index (χ1v) is 10.7. The second-order valence-corrected chi connectivity index (χ2v) is 8.72. The lowest BCUT2D eigenvalue weighted by atomic mass is 10.1. The van der Waals surface area contributed by atoms with Crippen LogP contribution in [-0.4, -0.2) is 26.8 Å². The zero-order chi connectivity index (χ0) is 20.6. The highest BCUT2D eigenvalue weighted by molar-refractivity contribution is 9.10. The molecule has 0 aliphatic carbocycles. The van der Waals surface area contributed by atoms with Crippen LogP contribution in [0.1, 0.15) is 11.1 Å². The van der Waals surface area contributed by atoms with Crippen LogP contribution in [0.5, 0.6) is 0 Å². The van der Waals surface area contributed by atoms with Gasteiger partial charge in [0.15, 0.2) is 0 Å². The lowest BCUT2D eigenvalue weighted by molar-refractivity contribution is -0.143. The largest absolute Gasteiger partial charge is 0.459 e. The van der Waals surface area contributed by atoms with E-state index in [1.165, 1.54) is 12.1 Å². The molecule has 0 amide bonds. The van der Waals surface area contributed by atoms with E-state index in [2.05, 4.69) is 25.6 Å². The summed E-state index contributed by atoms with van der Waals surface area (Å²) in [6.45, 7) is -0.521. The summed E-state index contributed by atoms with van der Waals surface area (Å²) in [5.74, 6) is -0.576. The molecule has 1 N–H and O–H groups in total. The van der Waals surface area contributed by atoms with Gasteiger partial charge in [-0.25, -0.2) is 13.2 Å².